The van der Waals surface area contributed by atoms with Crippen molar-refractivity contribution in [3.05, 3.63) is 77.9 Å². The molecular weight excluding hydrogens is 408 g/mol. The average molecular weight is 430 g/mol. The number of fused-ring (bicyclic) bond motifs is 1. The second-order valence-corrected chi connectivity index (χ2v) is 7.06. The summed E-state index contributed by atoms with van der Waals surface area (Å²) in [5, 5.41) is 6.50. The van der Waals surface area contributed by atoms with Gasteiger partial charge in [0.2, 0.25) is 5.91 Å². The number of aromatic nitrogens is 3. The second kappa shape index (κ2) is 9.17. The molecule has 4 rings (SSSR count). The molecule has 2 heterocycles. The SMILES string of the molecule is COc1ccc(C(N)=O)c(CCc2c[nH]c3ccccc23)c1NC(=O)Nc1cnccn1. The van der Waals surface area contributed by atoms with Crippen molar-refractivity contribution in [3.63, 3.8) is 0 Å². The van der Waals surface area contributed by atoms with Gasteiger partial charge in [0.1, 0.15) is 5.75 Å². The molecule has 0 fully saturated rings. The van der Waals surface area contributed by atoms with Gasteiger partial charge in [-0.1, -0.05) is 18.2 Å². The summed E-state index contributed by atoms with van der Waals surface area (Å²) in [6.45, 7) is 0. The van der Waals surface area contributed by atoms with E-state index in [0.29, 0.717) is 35.4 Å². The third-order valence-electron chi connectivity index (χ3n) is 5.12. The molecule has 0 bridgehead atoms. The third kappa shape index (κ3) is 4.36. The van der Waals surface area contributed by atoms with Crippen molar-refractivity contribution in [1.82, 2.24) is 15.0 Å². The first-order valence-electron chi connectivity index (χ1n) is 9.95. The van der Waals surface area contributed by atoms with Crippen molar-refractivity contribution < 1.29 is 14.3 Å². The Kier molecular flexibility index (Phi) is 5.98. The van der Waals surface area contributed by atoms with E-state index < -0.39 is 11.9 Å². The summed E-state index contributed by atoms with van der Waals surface area (Å²) in [5.74, 6) is 0.118. The summed E-state index contributed by atoms with van der Waals surface area (Å²) >= 11 is 0. The molecule has 9 nitrogen and oxygen atoms in total. The van der Waals surface area contributed by atoms with Gasteiger partial charge in [0, 0.05) is 35.1 Å². The number of primary amides is 1. The molecule has 0 saturated heterocycles. The van der Waals surface area contributed by atoms with Crippen LogP contribution in [0.2, 0.25) is 0 Å². The van der Waals surface area contributed by atoms with Gasteiger partial charge in [-0.2, -0.15) is 0 Å². The maximum absolute atomic E-state index is 12.6. The standard InChI is InChI=1S/C23H22N6O3/c1-32-19-9-8-17(22(24)30)16(7-6-14-12-27-18-5-3-2-4-15(14)18)21(19)29-23(31)28-20-13-25-10-11-26-20/h2-5,8-13,27H,6-7H2,1H3,(H2,24,30)(H2,26,28,29,31). The van der Waals surface area contributed by atoms with Gasteiger partial charge >= 0.3 is 6.03 Å². The van der Waals surface area contributed by atoms with Crippen molar-refractivity contribution in [2.75, 3.05) is 17.7 Å². The number of nitrogens with one attached hydrogen (secondary N) is 3. The minimum absolute atomic E-state index is 0.287. The van der Waals surface area contributed by atoms with Gasteiger partial charge in [0.25, 0.3) is 0 Å². The summed E-state index contributed by atoms with van der Waals surface area (Å²) in [4.78, 5) is 36.0. The Morgan fingerprint density at radius 3 is 2.69 bits per heavy atom. The lowest BCUT2D eigenvalue weighted by atomic mass is 9.96. The van der Waals surface area contributed by atoms with Crippen LogP contribution in [0.25, 0.3) is 10.9 Å². The monoisotopic (exact) mass is 430 g/mol. The molecule has 9 heteroatoms. The predicted octanol–water partition coefficient (Wildman–Crippen LogP) is 3.49. The number of hydrogen-bond acceptors (Lipinski definition) is 5. The fourth-order valence-corrected chi connectivity index (χ4v) is 3.65. The van der Waals surface area contributed by atoms with Crippen molar-refractivity contribution in [2.24, 2.45) is 5.73 Å². The van der Waals surface area contributed by atoms with Crippen LogP contribution in [0.3, 0.4) is 0 Å². The third-order valence-corrected chi connectivity index (χ3v) is 5.12. The molecule has 0 aliphatic rings. The maximum Gasteiger partial charge on any atom is 0.325 e. The number of hydrogen-bond donors (Lipinski definition) is 4. The fourth-order valence-electron chi connectivity index (χ4n) is 3.65. The van der Waals surface area contributed by atoms with Crippen molar-refractivity contribution in [2.45, 2.75) is 12.8 Å². The van der Waals surface area contributed by atoms with E-state index in [9.17, 15) is 9.59 Å². The van der Waals surface area contributed by atoms with E-state index in [1.807, 2.05) is 30.5 Å². The van der Waals surface area contributed by atoms with Crippen molar-refractivity contribution in [3.8, 4) is 5.75 Å². The first kappa shape index (κ1) is 20.9. The Bertz CT molecular complexity index is 1270. The number of carbonyl (C=O) groups excluding carboxylic acids is 2. The van der Waals surface area contributed by atoms with Gasteiger partial charge in [-0.05, 0) is 42.2 Å². The summed E-state index contributed by atoms with van der Waals surface area (Å²) in [6.07, 6.45) is 7.43. The number of aromatic amines is 1. The Morgan fingerprint density at radius 2 is 1.94 bits per heavy atom. The van der Waals surface area contributed by atoms with Crippen LogP contribution in [-0.4, -0.2) is 34.0 Å². The van der Waals surface area contributed by atoms with Crippen LogP contribution in [0.5, 0.6) is 5.75 Å². The molecule has 0 unspecified atom stereocenters. The largest absolute Gasteiger partial charge is 0.495 e. The first-order valence-corrected chi connectivity index (χ1v) is 9.95. The molecule has 3 amide bonds. The highest BCUT2D eigenvalue weighted by Gasteiger charge is 2.20. The molecular formula is C23H22N6O3. The number of amides is 3. The molecule has 0 aliphatic heterocycles. The predicted molar refractivity (Wildman–Crippen MR) is 122 cm³/mol. The van der Waals surface area contributed by atoms with Crippen LogP contribution in [0.1, 0.15) is 21.5 Å². The highest BCUT2D eigenvalue weighted by molar-refractivity contribution is 6.03. The number of ether oxygens (including phenoxy) is 1. The van der Waals surface area contributed by atoms with E-state index in [1.54, 1.807) is 12.1 Å². The van der Waals surface area contributed by atoms with Gasteiger partial charge in [-0.25, -0.2) is 9.78 Å². The molecule has 0 atom stereocenters. The minimum atomic E-state index is -0.584. The highest BCUT2D eigenvalue weighted by Crippen LogP contribution is 2.33. The van der Waals surface area contributed by atoms with E-state index in [-0.39, 0.29) is 5.82 Å². The van der Waals surface area contributed by atoms with Crippen LogP contribution in [0.4, 0.5) is 16.3 Å². The average Bonchev–Trinajstić information content (AvgIpc) is 3.21. The first-order chi connectivity index (χ1) is 15.6. The van der Waals surface area contributed by atoms with E-state index >= 15 is 0 Å². The summed E-state index contributed by atoms with van der Waals surface area (Å²) in [7, 11) is 1.49. The number of urea groups is 1. The maximum atomic E-state index is 12.6. The van der Waals surface area contributed by atoms with Crippen LogP contribution < -0.4 is 21.1 Å². The number of benzene rings is 2. The Hall–Kier alpha value is -4.40. The van der Waals surface area contributed by atoms with Crippen LogP contribution in [-0.2, 0) is 12.8 Å². The van der Waals surface area contributed by atoms with Gasteiger partial charge < -0.3 is 20.8 Å². The number of nitrogens with zero attached hydrogens (tertiary/aromatic N) is 2. The molecule has 0 aliphatic carbocycles. The lowest BCUT2D eigenvalue weighted by Crippen LogP contribution is -2.23. The zero-order chi connectivity index (χ0) is 22.5. The second-order valence-electron chi connectivity index (χ2n) is 7.06. The number of para-hydroxylation sites is 1. The fraction of sp³-hybridized carbons (Fsp3) is 0.130. The van der Waals surface area contributed by atoms with Crippen LogP contribution >= 0.6 is 0 Å². The Balaban J connectivity index is 1.65. The molecule has 0 saturated carbocycles. The summed E-state index contributed by atoms with van der Waals surface area (Å²) in [6, 6.07) is 10.7. The van der Waals surface area contributed by atoms with Crippen LogP contribution in [0.15, 0.2) is 61.2 Å². The molecule has 2 aromatic heterocycles. The molecule has 4 aromatic rings. The number of nitrogens with two attached hydrogens (primary N) is 1. The van der Waals surface area contributed by atoms with Gasteiger partial charge in [0.05, 0.1) is 19.0 Å². The van der Waals surface area contributed by atoms with Crippen molar-refractivity contribution in [1.29, 1.82) is 0 Å². The smallest absolute Gasteiger partial charge is 0.325 e. The zero-order valence-corrected chi connectivity index (χ0v) is 17.4. The number of H-pyrrole nitrogens is 1. The van der Waals surface area contributed by atoms with E-state index in [0.717, 1.165) is 16.5 Å². The van der Waals surface area contributed by atoms with E-state index in [2.05, 4.69) is 25.6 Å². The minimum Gasteiger partial charge on any atom is -0.495 e. The van der Waals surface area contributed by atoms with E-state index in [4.69, 9.17) is 10.5 Å². The Morgan fingerprint density at radius 1 is 1.09 bits per heavy atom. The Labute approximate surface area is 184 Å². The van der Waals surface area contributed by atoms with Gasteiger partial charge in [0.15, 0.2) is 5.82 Å². The number of rotatable bonds is 7. The molecule has 32 heavy (non-hydrogen) atoms. The highest BCUT2D eigenvalue weighted by atomic mass is 16.5. The quantitative estimate of drug-likeness (QED) is 0.356. The van der Waals surface area contributed by atoms with Crippen LogP contribution in [0, 0.1) is 0 Å². The summed E-state index contributed by atoms with van der Waals surface area (Å²) in [5.41, 5.74) is 9.05. The number of anilines is 2. The zero-order valence-electron chi connectivity index (χ0n) is 17.4. The molecule has 162 valence electrons. The number of carbonyl (C=O) groups is 2. The molecule has 2 aromatic carbocycles. The van der Waals surface area contributed by atoms with Gasteiger partial charge in [-0.3, -0.25) is 15.1 Å². The normalized spacial score (nSPS) is 10.7. The number of methoxy groups -OCH3 is 1. The lowest BCUT2D eigenvalue weighted by molar-refractivity contribution is 0.0999. The topological polar surface area (TPSA) is 135 Å². The van der Waals surface area contributed by atoms with E-state index in [1.165, 1.54) is 25.7 Å². The molecule has 0 spiro atoms. The summed E-state index contributed by atoms with van der Waals surface area (Å²) < 4.78 is 5.45. The molecule has 5 N–H and O–H groups in total. The molecule has 0 radical (unpaired) electrons. The van der Waals surface area contributed by atoms with Crippen molar-refractivity contribution >= 4 is 34.3 Å². The lowest BCUT2D eigenvalue weighted by Gasteiger charge is -2.18. The number of aryl methyl sites for hydroxylation is 1. The van der Waals surface area contributed by atoms with Gasteiger partial charge in [-0.15, -0.1) is 0 Å².